The number of thiazole rings is 1. The third-order valence-electron chi connectivity index (χ3n) is 4.76. The van der Waals surface area contributed by atoms with Gasteiger partial charge in [-0.05, 0) is 39.0 Å². The number of aliphatic hydroxyl groups is 2. The summed E-state index contributed by atoms with van der Waals surface area (Å²) in [6.07, 6.45) is 4.56. The second-order valence-corrected chi connectivity index (χ2v) is 9.09. The van der Waals surface area contributed by atoms with Crippen LogP contribution < -0.4 is 4.57 Å². The first-order valence-electron chi connectivity index (χ1n) is 10.1. The van der Waals surface area contributed by atoms with Crippen LogP contribution in [0, 0.1) is 0 Å². The molecule has 0 amide bonds. The second kappa shape index (κ2) is 8.51. The molecule has 0 saturated carbocycles. The summed E-state index contributed by atoms with van der Waals surface area (Å²) < 4.78 is 8.05. The molecular formula is C24H22N3O5S+. The third-order valence-corrected chi connectivity index (χ3v) is 5.74. The molecule has 4 rings (SSSR count). The van der Waals surface area contributed by atoms with Crippen LogP contribution in [0.1, 0.15) is 36.8 Å². The van der Waals surface area contributed by atoms with Gasteiger partial charge < -0.3 is 14.9 Å². The number of carbonyl (C=O) groups is 2. The van der Waals surface area contributed by atoms with Gasteiger partial charge in [-0.3, -0.25) is 14.3 Å². The molecule has 0 aliphatic heterocycles. The molecule has 0 unspecified atom stereocenters. The molecule has 1 aromatic carbocycles. The largest absolute Gasteiger partial charge is 0.506 e. The molecule has 0 bridgehead atoms. The predicted molar refractivity (Wildman–Crippen MR) is 124 cm³/mol. The highest BCUT2D eigenvalue weighted by molar-refractivity contribution is 7.12. The summed E-state index contributed by atoms with van der Waals surface area (Å²) in [5, 5.41) is 22.5. The standard InChI is InChI=1S/C24H21N3O5S/c1-24(2,3)32-23(31)26-12-17(16-8-4-5-9-18(16)26)21(30)19-14-33-22(27(19)20(29)13-28)15-7-6-10-25-11-15/h4-14H,1-3H3,(H-,28,29)/p+1. The van der Waals surface area contributed by atoms with Gasteiger partial charge in [0.05, 0.1) is 22.0 Å². The molecule has 3 heterocycles. The average molecular weight is 465 g/mol. The monoisotopic (exact) mass is 464 g/mol. The number of nitrogens with zero attached hydrogens (tertiary/aromatic N) is 3. The SMILES string of the molecule is CC(C)(C)OC(=O)n1cc(C(=O)c2csc(-c3cccnc3)[n+]2C(O)=CO)c2ccccc21. The Morgan fingerprint density at radius 1 is 1.18 bits per heavy atom. The first-order valence-corrected chi connectivity index (χ1v) is 10.9. The van der Waals surface area contributed by atoms with E-state index < -0.39 is 23.4 Å². The quantitative estimate of drug-likeness (QED) is 0.252. The number of para-hydroxylation sites is 1. The number of fused-ring (bicyclic) bond motifs is 1. The lowest BCUT2D eigenvalue weighted by Gasteiger charge is -2.19. The summed E-state index contributed by atoms with van der Waals surface area (Å²) in [6, 6.07) is 10.5. The van der Waals surface area contributed by atoms with Gasteiger partial charge in [-0.15, -0.1) is 4.57 Å². The average Bonchev–Trinajstić information content (AvgIpc) is 3.40. The number of aromatic nitrogens is 3. The number of ether oxygens (including phenoxy) is 1. The third kappa shape index (κ3) is 4.22. The van der Waals surface area contributed by atoms with Crippen molar-refractivity contribution in [3.8, 4) is 10.6 Å². The van der Waals surface area contributed by atoms with Crippen LogP contribution in [0.2, 0.25) is 0 Å². The molecule has 168 valence electrons. The van der Waals surface area contributed by atoms with Crippen LogP contribution >= 0.6 is 11.3 Å². The van der Waals surface area contributed by atoms with Gasteiger partial charge in [0.1, 0.15) is 5.60 Å². The molecule has 0 saturated heterocycles. The van der Waals surface area contributed by atoms with E-state index in [0.29, 0.717) is 27.7 Å². The number of rotatable bonds is 4. The maximum atomic E-state index is 13.7. The van der Waals surface area contributed by atoms with Crippen molar-refractivity contribution in [2.45, 2.75) is 26.4 Å². The van der Waals surface area contributed by atoms with Crippen molar-refractivity contribution in [1.29, 1.82) is 0 Å². The fourth-order valence-corrected chi connectivity index (χ4v) is 4.40. The zero-order valence-corrected chi connectivity index (χ0v) is 19.0. The van der Waals surface area contributed by atoms with Gasteiger partial charge in [-0.2, -0.15) is 0 Å². The fraction of sp³-hybridized carbons (Fsp3) is 0.167. The minimum absolute atomic E-state index is 0.119. The molecule has 0 aliphatic carbocycles. The molecular weight excluding hydrogens is 442 g/mol. The fourth-order valence-electron chi connectivity index (χ4n) is 3.41. The molecule has 8 nitrogen and oxygen atoms in total. The van der Waals surface area contributed by atoms with E-state index in [1.165, 1.54) is 26.7 Å². The Kier molecular flexibility index (Phi) is 5.73. The number of hydrogen-bond donors (Lipinski definition) is 2. The molecule has 0 atom stereocenters. The lowest BCUT2D eigenvalue weighted by atomic mass is 10.1. The Bertz CT molecular complexity index is 1380. The van der Waals surface area contributed by atoms with Gasteiger partial charge in [0.25, 0.3) is 16.5 Å². The zero-order chi connectivity index (χ0) is 23.8. The first-order chi connectivity index (χ1) is 15.7. The minimum Gasteiger partial charge on any atom is -0.506 e. The Morgan fingerprint density at radius 2 is 1.94 bits per heavy atom. The van der Waals surface area contributed by atoms with Crippen molar-refractivity contribution in [2.24, 2.45) is 0 Å². The summed E-state index contributed by atoms with van der Waals surface area (Å²) in [4.78, 5) is 30.5. The zero-order valence-electron chi connectivity index (χ0n) is 18.2. The number of carbonyl (C=O) groups excluding carboxylic acids is 2. The van der Waals surface area contributed by atoms with E-state index in [1.54, 1.807) is 74.9 Å². The van der Waals surface area contributed by atoms with Gasteiger partial charge in [0.2, 0.25) is 0 Å². The normalized spacial score (nSPS) is 12.2. The van der Waals surface area contributed by atoms with E-state index >= 15 is 0 Å². The summed E-state index contributed by atoms with van der Waals surface area (Å²) in [7, 11) is 0. The lowest BCUT2D eigenvalue weighted by Crippen LogP contribution is -2.39. The van der Waals surface area contributed by atoms with Crippen LogP contribution in [0.3, 0.4) is 0 Å². The van der Waals surface area contributed by atoms with E-state index in [0.717, 1.165) is 0 Å². The van der Waals surface area contributed by atoms with Crippen LogP contribution in [-0.4, -0.2) is 37.2 Å². The van der Waals surface area contributed by atoms with E-state index in [4.69, 9.17) is 4.74 Å². The molecule has 0 fully saturated rings. The maximum absolute atomic E-state index is 13.7. The Balaban J connectivity index is 1.87. The van der Waals surface area contributed by atoms with Crippen LogP contribution in [0.25, 0.3) is 27.4 Å². The highest BCUT2D eigenvalue weighted by atomic mass is 32.1. The van der Waals surface area contributed by atoms with E-state index in [2.05, 4.69) is 4.98 Å². The lowest BCUT2D eigenvalue weighted by molar-refractivity contribution is -0.586. The van der Waals surface area contributed by atoms with Crippen LogP contribution in [0.5, 0.6) is 0 Å². The highest BCUT2D eigenvalue weighted by Crippen LogP contribution is 2.28. The van der Waals surface area contributed by atoms with Crippen LogP contribution in [0.15, 0.2) is 66.6 Å². The number of benzene rings is 1. The topological polar surface area (TPSA) is 106 Å². The van der Waals surface area contributed by atoms with Crippen molar-refractivity contribution in [1.82, 2.24) is 9.55 Å². The van der Waals surface area contributed by atoms with Gasteiger partial charge in [-0.1, -0.05) is 29.5 Å². The summed E-state index contributed by atoms with van der Waals surface area (Å²) >= 11 is 1.21. The van der Waals surface area contributed by atoms with Crippen LogP contribution in [0.4, 0.5) is 4.79 Å². The summed E-state index contributed by atoms with van der Waals surface area (Å²) in [6.45, 7) is 5.29. The van der Waals surface area contributed by atoms with Crippen molar-refractivity contribution < 1.29 is 29.1 Å². The predicted octanol–water partition coefficient (Wildman–Crippen LogP) is 4.94. The van der Waals surface area contributed by atoms with Crippen LogP contribution in [-0.2, 0) is 4.74 Å². The smallest absolute Gasteiger partial charge is 0.419 e. The molecule has 0 radical (unpaired) electrons. The molecule has 9 heteroatoms. The van der Waals surface area contributed by atoms with Crippen molar-refractivity contribution >= 4 is 40.0 Å². The number of ketones is 1. The Labute approximate surface area is 193 Å². The highest BCUT2D eigenvalue weighted by Gasteiger charge is 2.34. The van der Waals surface area contributed by atoms with Gasteiger partial charge in [-0.25, -0.2) is 4.79 Å². The first kappa shape index (κ1) is 22.2. The molecule has 3 aromatic heterocycles. The second-order valence-electron chi connectivity index (χ2n) is 8.23. The molecule has 2 N–H and O–H groups in total. The van der Waals surface area contributed by atoms with E-state index in [1.807, 2.05) is 0 Å². The number of aliphatic hydroxyl groups excluding tert-OH is 2. The van der Waals surface area contributed by atoms with Crippen molar-refractivity contribution in [3.63, 3.8) is 0 Å². The summed E-state index contributed by atoms with van der Waals surface area (Å²) in [5.41, 5.74) is 0.844. The van der Waals surface area contributed by atoms with E-state index in [-0.39, 0.29) is 11.3 Å². The minimum atomic E-state index is -0.709. The number of pyridine rings is 1. The Morgan fingerprint density at radius 3 is 2.61 bits per heavy atom. The maximum Gasteiger partial charge on any atom is 0.419 e. The molecule has 4 aromatic rings. The molecule has 33 heavy (non-hydrogen) atoms. The van der Waals surface area contributed by atoms with Gasteiger partial charge >= 0.3 is 12.0 Å². The van der Waals surface area contributed by atoms with Gasteiger partial charge in [0, 0.05) is 24.0 Å². The van der Waals surface area contributed by atoms with Gasteiger partial charge in [0.15, 0.2) is 6.26 Å². The molecule has 0 spiro atoms. The van der Waals surface area contributed by atoms with E-state index in [9.17, 15) is 19.8 Å². The Hall–Kier alpha value is -3.98. The van der Waals surface area contributed by atoms with Crippen molar-refractivity contribution in [3.05, 3.63) is 77.9 Å². The summed E-state index contributed by atoms with van der Waals surface area (Å²) in [5.74, 6) is -0.956. The van der Waals surface area contributed by atoms with Crippen molar-refractivity contribution in [2.75, 3.05) is 0 Å². The molecule has 0 aliphatic rings. The number of hydrogen-bond acceptors (Lipinski definition) is 7.